The predicted molar refractivity (Wildman–Crippen MR) is 74.1 cm³/mol. The van der Waals surface area contributed by atoms with Crippen LogP contribution < -0.4 is 4.90 Å². The molecule has 0 atom stereocenters. The zero-order chi connectivity index (χ0) is 14.8. The molecule has 7 heteroatoms. The van der Waals surface area contributed by atoms with Crippen molar-refractivity contribution in [2.45, 2.75) is 13.1 Å². The maximum Gasteiger partial charge on any atom is 0.328 e. The smallest absolute Gasteiger partial charge is 0.328 e. The number of benzene rings is 1. The van der Waals surface area contributed by atoms with E-state index in [1.165, 1.54) is 18.2 Å². The summed E-state index contributed by atoms with van der Waals surface area (Å²) in [6.45, 7) is 2.00. The number of carboxylic acids is 1. The quantitative estimate of drug-likeness (QED) is 0.867. The monoisotopic (exact) mass is 288 g/mol. The first-order valence-electron chi connectivity index (χ1n) is 6.45. The second-order valence-corrected chi connectivity index (χ2v) is 4.78. The summed E-state index contributed by atoms with van der Waals surface area (Å²) < 4.78 is 15.7. The Hall–Kier alpha value is -2.70. The largest absolute Gasteiger partial charge is 0.478 e. The molecule has 1 aromatic heterocycles. The maximum atomic E-state index is 13.7. The summed E-state index contributed by atoms with van der Waals surface area (Å²) in [5.74, 6) is -0.635. The highest BCUT2D eigenvalue weighted by Gasteiger charge is 2.18. The van der Waals surface area contributed by atoms with Crippen LogP contribution in [0, 0.1) is 5.82 Å². The van der Waals surface area contributed by atoms with Crippen LogP contribution >= 0.6 is 0 Å². The van der Waals surface area contributed by atoms with E-state index < -0.39 is 11.8 Å². The van der Waals surface area contributed by atoms with E-state index >= 15 is 0 Å². The third kappa shape index (κ3) is 2.91. The zero-order valence-electron chi connectivity index (χ0n) is 11.1. The van der Waals surface area contributed by atoms with Gasteiger partial charge in [-0.3, -0.25) is 0 Å². The van der Waals surface area contributed by atoms with Crippen LogP contribution in [0.25, 0.3) is 6.08 Å². The number of carbonyl (C=O) groups is 1. The van der Waals surface area contributed by atoms with E-state index in [0.29, 0.717) is 17.8 Å². The van der Waals surface area contributed by atoms with Crippen molar-refractivity contribution in [1.82, 2.24) is 14.8 Å². The van der Waals surface area contributed by atoms with Crippen molar-refractivity contribution in [3.05, 3.63) is 47.8 Å². The normalized spacial score (nSPS) is 14.4. The van der Waals surface area contributed by atoms with Gasteiger partial charge in [-0.25, -0.2) is 9.18 Å². The Morgan fingerprint density at radius 3 is 3.00 bits per heavy atom. The van der Waals surface area contributed by atoms with Crippen LogP contribution in [0.15, 0.2) is 30.6 Å². The van der Waals surface area contributed by atoms with Gasteiger partial charge in [-0.05, 0) is 29.8 Å². The average Bonchev–Trinajstić information content (AvgIpc) is 2.92. The number of hydrogen-bond acceptors (Lipinski definition) is 4. The summed E-state index contributed by atoms with van der Waals surface area (Å²) in [5, 5.41) is 16.5. The molecule has 1 aliphatic heterocycles. The molecule has 108 valence electrons. The Morgan fingerprint density at radius 1 is 1.33 bits per heavy atom. The van der Waals surface area contributed by atoms with Crippen molar-refractivity contribution in [2.24, 2.45) is 0 Å². The standard InChI is InChI=1S/C14H13FN4O2/c15-11-5-10(1-2-14(20)21)6-12(7-11)18-3-4-19-9-16-17-13(19)8-18/h1-2,5-7,9H,3-4,8H2,(H,20,21)/b2-1+. The molecule has 0 saturated carbocycles. The first kappa shape index (κ1) is 13.3. The highest BCUT2D eigenvalue weighted by molar-refractivity contribution is 5.85. The first-order chi connectivity index (χ1) is 10.1. The topological polar surface area (TPSA) is 71.2 Å². The molecule has 0 amide bonds. The lowest BCUT2D eigenvalue weighted by Crippen LogP contribution is -2.33. The van der Waals surface area contributed by atoms with Crippen molar-refractivity contribution in [3.8, 4) is 0 Å². The summed E-state index contributed by atoms with van der Waals surface area (Å²) in [6, 6.07) is 4.49. The number of anilines is 1. The van der Waals surface area contributed by atoms with Crippen LogP contribution in [0.1, 0.15) is 11.4 Å². The van der Waals surface area contributed by atoms with Gasteiger partial charge < -0.3 is 14.6 Å². The summed E-state index contributed by atoms with van der Waals surface area (Å²) in [5.41, 5.74) is 1.22. The van der Waals surface area contributed by atoms with Gasteiger partial charge in [0.25, 0.3) is 0 Å². The van der Waals surface area contributed by atoms with E-state index in [1.54, 1.807) is 12.4 Å². The van der Waals surface area contributed by atoms with Gasteiger partial charge in [0.2, 0.25) is 0 Å². The Balaban J connectivity index is 1.87. The molecule has 1 aliphatic rings. The van der Waals surface area contributed by atoms with Crippen molar-refractivity contribution < 1.29 is 14.3 Å². The van der Waals surface area contributed by atoms with Gasteiger partial charge in [0, 0.05) is 24.9 Å². The predicted octanol–water partition coefficient (Wildman–Crippen LogP) is 1.54. The lowest BCUT2D eigenvalue weighted by atomic mass is 10.1. The van der Waals surface area contributed by atoms with E-state index in [0.717, 1.165) is 25.0 Å². The minimum atomic E-state index is -1.06. The summed E-state index contributed by atoms with van der Waals surface area (Å²) in [7, 11) is 0. The number of fused-ring (bicyclic) bond motifs is 1. The zero-order valence-corrected chi connectivity index (χ0v) is 11.1. The number of aliphatic carboxylic acids is 1. The molecular formula is C14H13FN4O2. The SMILES string of the molecule is O=C(O)/C=C/c1cc(F)cc(N2CCn3cnnc3C2)c1. The molecule has 1 N–H and O–H groups in total. The molecule has 0 saturated heterocycles. The highest BCUT2D eigenvalue weighted by Crippen LogP contribution is 2.23. The number of carboxylic acid groups (broad SMARTS) is 1. The molecule has 2 aromatic rings. The van der Waals surface area contributed by atoms with E-state index in [2.05, 4.69) is 10.2 Å². The molecule has 0 bridgehead atoms. The molecular weight excluding hydrogens is 275 g/mol. The van der Waals surface area contributed by atoms with E-state index in [1.807, 2.05) is 9.47 Å². The van der Waals surface area contributed by atoms with Crippen LogP contribution in [0.2, 0.25) is 0 Å². The summed E-state index contributed by atoms with van der Waals surface area (Å²) >= 11 is 0. The third-order valence-electron chi connectivity index (χ3n) is 3.33. The fourth-order valence-electron chi connectivity index (χ4n) is 2.33. The minimum Gasteiger partial charge on any atom is -0.478 e. The first-order valence-corrected chi connectivity index (χ1v) is 6.45. The lowest BCUT2D eigenvalue weighted by Gasteiger charge is -2.29. The molecule has 0 aliphatic carbocycles. The second kappa shape index (κ2) is 5.35. The summed E-state index contributed by atoms with van der Waals surface area (Å²) in [6.07, 6.45) is 4.05. The van der Waals surface area contributed by atoms with Crippen LogP contribution in [-0.4, -0.2) is 32.4 Å². The van der Waals surface area contributed by atoms with E-state index in [4.69, 9.17) is 5.11 Å². The number of rotatable bonds is 3. The molecule has 0 spiro atoms. The van der Waals surface area contributed by atoms with Gasteiger partial charge in [0.15, 0.2) is 5.82 Å². The molecule has 3 rings (SSSR count). The molecule has 0 radical (unpaired) electrons. The Bertz CT molecular complexity index is 711. The van der Waals surface area contributed by atoms with Gasteiger partial charge in [0.05, 0.1) is 6.54 Å². The van der Waals surface area contributed by atoms with Crippen LogP contribution in [0.3, 0.4) is 0 Å². The molecule has 1 aromatic carbocycles. The Labute approximate surface area is 120 Å². The molecule has 0 fully saturated rings. The van der Waals surface area contributed by atoms with Crippen molar-refractivity contribution in [3.63, 3.8) is 0 Å². The van der Waals surface area contributed by atoms with Crippen LogP contribution in [-0.2, 0) is 17.9 Å². The van der Waals surface area contributed by atoms with Gasteiger partial charge in [-0.1, -0.05) is 0 Å². The van der Waals surface area contributed by atoms with E-state index in [-0.39, 0.29) is 0 Å². The van der Waals surface area contributed by atoms with Gasteiger partial charge in [-0.2, -0.15) is 0 Å². The Morgan fingerprint density at radius 2 is 2.19 bits per heavy atom. The fourth-order valence-corrected chi connectivity index (χ4v) is 2.33. The Kier molecular flexibility index (Phi) is 3.39. The average molecular weight is 288 g/mol. The van der Waals surface area contributed by atoms with Gasteiger partial charge in [-0.15, -0.1) is 10.2 Å². The van der Waals surface area contributed by atoms with E-state index in [9.17, 15) is 9.18 Å². The molecule has 0 unspecified atom stereocenters. The van der Waals surface area contributed by atoms with Crippen molar-refractivity contribution in [2.75, 3.05) is 11.4 Å². The molecule has 21 heavy (non-hydrogen) atoms. The highest BCUT2D eigenvalue weighted by atomic mass is 19.1. The van der Waals surface area contributed by atoms with Crippen LogP contribution in [0.4, 0.5) is 10.1 Å². The van der Waals surface area contributed by atoms with Crippen molar-refractivity contribution in [1.29, 1.82) is 0 Å². The third-order valence-corrected chi connectivity index (χ3v) is 3.33. The number of hydrogen-bond donors (Lipinski definition) is 1. The number of aromatic nitrogens is 3. The molecule has 2 heterocycles. The van der Waals surface area contributed by atoms with Crippen LogP contribution in [0.5, 0.6) is 0 Å². The number of nitrogens with zero attached hydrogens (tertiary/aromatic N) is 4. The minimum absolute atomic E-state index is 0.399. The number of halogens is 1. The summed E-state index contributed by atoms with van der Waals surface area (Å²) in [4.78, 5) is 12.5. The maximum absolute atomic E-state index is 13.7. The second-order valence-electron chi connectivity index (χ2n) is 4.78. The van der Waals surface area contributed by atoms with Crippen molar-refractivity contribution >= 4 is 17.7 Å². The fraction of sp³-hybridized carbons (Fsp3) is 0.214. The molecule has 6 nitrogen and oxygen atoms in total. The van der Waals surface area contributed by atoms with Gasteiger partial charge >= 0.3 is 5.97 Å². The lowest BCUT2D eigenvalue weighted by molar-refractivity contribution is -0.131. The van der Waals surface area contributed by atoms with Gasteiger partial charge in [0.1, 0.15) is 12.1 Å².